The van der Waals surface area contributed by atoms with Gasteiger partial charge in [0.25, 0.3) is 0 Å². The highest BCUT2D eigenvalue weighted by molar-refractivity contribution is 6.32. The summed E-state index contributed by atoms with van der Waals surface area (Å²) in [6, 6.07) is 17.7. The fourth-order valence-corrected chi connectivity index (χ4v) is 13.1. The summed E-state index contributed by atoms with van der Waals surface area (Å²) in [6.07, 6.45) is 21.4. The van der Waals surface area contributed by atoms with Crippen LogP contribution in [0.3, 0.4) is 0 Å². The Labute approximate surface area is 394 Å². The van der Waals surface area contributed by atoms with Gasteiger partial charge >= 0.3 is 5.97 Å². The van der Waals surface area contributed by atoms with Crippen molar-refractivity contribution in [1.29, 1.82) is 0 Å². The maximum atomic E-state index is 13.4. The van der Waals surface area contributed by atoms with Gasteiger partial charge in [0, 0.05) is 77.2 Å². The van der Waals surface area contributed by atoms with Gasteiger partial charge in [0.2, 0.25) is 17.8 Å². The molecule has 2 aliphatic carbocycles. The van der Waals surface area contributed by atoms with Crippen molar-refractivity contribution in [1.82, 2.24) is 0 Å². The third-order valence-electron chi connectivity index (χ3n) is 16.5. The minimum absolute atomic E-state index is 0.0338. The minimum Gasteiger partial charge on any atom is -0.435 e. The summed E-state index contributed by atoms with van der Waals surface area (Å²) < 4.78 is 21.7. The van der Waals surface area contributed by atoms with Crippen molar-refractivity contribution in [3.05, 3.63) is 106 Å². The second-order valence-electron chi connectivity index (χ2n) is 21.5. The van der Waals surface area contributed by atoms with Gasteiger partial charge in [-0.05, 0) is 119 Å². The fraction of sp³-hybridized carbons (Fsp3) is 0.607. The fourth-order valence-electron chi connectivity index (χ4n) is 12.8. The number of halogens is 1. The summed E-state index contributed by atoms with van der Waals surface area (Å²) in [7, 11) is 0. The average Bonchev–Trinajstić information content (AvgIpc) is 3.47. The molecule has 2 bridgehead atoms. The van der Waals surface area contributed by atoms with Crippen LogP contribution in [0, 0.1) is 23.7 Å². The first-order chi connectivity index (χ1) is 31.2. The number of benzene rings is 2. The molecule has 0 amide bonds. The van der Waals surface area contributed by atoms with Crippen LogP contribution < -0.4 is 4.90 Å². The van der Waals surface area contributed by atoms with Crippen molar-refractivity contribution >= 4 is 34.7 Å². The molecule has 0 N–H and O–H groups in total. The van der Waals surface area contributed by atoms with E-state index in [0.717, 1.165) is 82.3 Å². The van der Waals surface area contributed by atoms with E-state index < -0.39 is 24.0 Å². The van der Waals surface area contributed by atoms with Crippen LogP contribution in [-0.2, 0) is 39.6 Å². The Morgan fingerprint density at radius 2 is 1.65 bits per heavy atom. The van der Waals surface area contributed by atoms with Gasteiger partial charge in [0.1, 0.15) is 6.54 Å². The number of unbranched alkanes of at least 4 members (excludes halogenated alkanes) is 4. The smallest absolute Gasteiger partial charge is 0.308 e. The molecule has 6 heterocycles. The number of allylic oxidation sites excluding steroid dienone is 8. The van der Waals surface area contributed by atoms with E-state index in [1.54, 1.807) is 0 Å². The molecule has 0 aromatic heterocycles. The van der Waals surface area contributed by atoms with Crippen molar-refractivity contribution in [2.75, 3.05) is 18.0 Å². The lowest BCUT2D eigenvalue weighted by molar-refractivity contribution is -0.576. The number of carbonyl (C=O) groups excluding carboxylic acids is 1. The lowest BCUT2D eigenvalue weighted by Gasteiger charge is -2.59. The second kappa shape index (κ2) is 18.5. The number of nitrogens with zero attached hydrogens (tertiary/aromatic N) is 2. The summed E-state index contributed by atoms with van der Waals surface area (Å²) in [5, 5.41) is 0.887. The summed E-state index contributed by atoms with van der Waals surface area (Å²) in [5.41, 5.74) is 9.44. The predicted octanol–water partition coefficient (Wildman–Crippen LogP) is 13.4. The number of hydrogen-bond acceptors (Lipinski definition) is 7. The molecule has 5 fully saturated rings. The van der Waals surface area contributed by atoms with Crippen LogP contribution in [0.5, 0.6) is 0 Å². The summed E-state index contributed by atoms with van der Waals surface area (Å²) >= 11 is 7.35. The van der Waals surface area contributed by atoms with Gasteiger partial charge < -0.3 is 19.1 Å². The first-order valence-corrected chi connectivity index (χ1v) is 25.6. The highest BCUT2D eigenvalue weighted by Gasteiger charge is 2.70. The first kappa shape index (κ1) is 46.6. The first-order valence-electron chi connectivity index (χ1n) is 25.2. The zero-order valence-corrected chi connectivity index (χ0v) is 41.2. The largest absolute Gasteiger partial charge is 0.435 e. The standard InChI is InChI=1S/C56H74ClN2O6/c1-9-10-17-35-58-45-24-15-13-22-43(45)53(4,5)47(58)31-28-39-20-19-21-40(50(39)57)29-32-48-54(6,7)44-23-14-16-25-46(44)59(48)36-18-11-12-26-49(60)61-51-38(3)42-30-27-37(2)41-33-34-55(8)63-52(62-51)56(41,42)65-64-55/h13-16,22-25,28-29,31-32,37-38,41-42,51-52H,9-12,17-21,26-27,30,33-36H2,1-8H3/q+1/t37-,38-,41+,42+,51?,52-,55-,56-/m1/s1. The SMILES string of the molecule is CCCCC[N+]1=C(/C=C/C2=C(Cl)C(=C/C=C3/N(CCCCCC(=O)OC4O[C@@H]5O[C@@]6(C)CC[C@H]7[C@H](C)CC[C@@H]([C@H]4C)[C@@]57OO6)c4ccccc4C3(C)C)/CCC2)C(C)(C)c2ccccc21. The second-order valence-corrected chi connectivity index (χ2v) is 21.9. The molecule has 8 atom stereocenters. The molecule has 2 aromatic rings. The molecule has 1 spiro atoms. The van der Waals surface area contributed by atoms with Crippen molar-refractivity contribution in [3.8, 4) is 0 Å². The van der Waals surface area contributed by atoms with Crippen molar-refractivity contribution in [3.63, 3.8) is 0 Å². The molecule has 350 valence electrons. The van der Waals surface area contributed by atoms with E-state index >= 15 is 0 Å². The van der Waals surface area contributed by atoms with Crippen LogP contribution >= 0.6 is 11.6 Å². The van der Waals surface area contributed by atoms with Gasteiger partial charge in [0.05, 0.1) is 5.41 Å². The van der Waals surface area contributed by atoms with Crippen molar-refractivity contribution < 1.29 is 33.4 Å². The normalized spacial score (nSPS) is 33.5. The third-order valence-corrected chi connectivity index (χ3v) is 17.0. The molecule has 6 aliphatic heterocycles. The average molecular weight is 907 g/mol. The van der Waals surface area contributed by atoms with Gasteiger partial charge in [-0.3, -0.25) is 4.79 Å². The quantitative estimate of drug-likeness (QED) is 0.0809. The Morgan fingerprint density at radius 3 is 2.46 bits per heavy atom. The van der Waals surface area contributed by atoms with Gasteiger partial charge in [-0.1, -0.05) is 108 Å². The highest BCUT2D eigenvalue weighted by Crippen LogP contribution is 2.61. The van der Waals surface area contributed by atoms with E-state index in [1.807, 2.05) is 6.92 Å². The predicted molar refractivity (Wildman–Crippen MR) is 259 cm³/mol. The number of ether oxygens (including phenoxy) is 3. The Balaban J connectivity index is 0.856. The molecule has 4 saturated heterocycles. The molecular weight excluding hydrogens is 832 g/mol. The number of esters is 1. The lowest BCUT2D eigenvalue weighted by atomic mass is 9.58. The molecule has 8 nitrogen and oxygen atoms in total. The number of rotatable bonds is 14. The molecule has 10 rings (SSSR count). The maximum absolute atomic E-state index is 13.4. The molecule has 8 aliphatic rings. The van der Waals surface area contributed by atoms with Crippen LogP contribution in [0.25, 0.3) is 0 Å². The molecule has 65 heavy (non-hydrogen) atoms. The Hall–Kier alpha value is -3.53. The van der Waals surface area contributed by atoms with Gasteiger partial charge in [0.15, 0.2) is 17.6 Å². The van der Waals surface area contributed by atoms with E-state index in [1.165, 1.54) is 64.3 Å². The van der Waals surface area contributed by atoms with Crippen molar-refractivity contribution in [2.24, 2.45) is 23.7 Å². The zero-order valence-electron chi connectivity index (χ0n) is 40.4. The molecule has 1 unspecified atom stereocenters. The van der Waals surface area contributed by atoms with Gasteiger partial charge in [-0.25, -0.2) is 9.78 Å². The maximum Gasteiger partial charge on any atom is 0.308 e. The van der Waals surface area contributed by atoms with E-state index in [9.17, 15) is 4.79 Å². The summed E-state index contributed by atoms with van der Waals surface area (Å²) in [4.78, 5) is 28.2. The molecular formula is C56H74ClN2O6+. The molecule has 9 heteroatoms. The number of anilines is 1. The van der Waals surface area contributed by atoms with E-state index in [4.69, 9.17) is 35.6 Å². The topological polar surface area (TPSA) is 69.5 Å². The molecule has 0 radical (unpaired) electrons. The van der Waals surface area contributed by atoms with Gasteiger partial charge in [-0.15, -0.1) is 0 Å². The third kappa shape index (κ3) is 8.44. The monoisotopic (exact) mass is 906 g/mol. The number of fused-ring (bicyclic) bond motifs is 4. The van der Waals surface area contributed by atoms with Crippen LogP contribution in [0.2, 0.25) is 0 Å². The number of carbonyl (C=O) groups is 1. The highest BCUT2D eigenvalue weighted by atomic mass is 35.5. The number of hydrogen-bond donors (Lipinski definition) is 0. The van der Waals surface area contributed by atoms with E-state index in [-0.39, 0.29) is 34.6 Å². The molecule has 1 saturated carbocycles. The van der Waals surface area contributed by atoms with Crippen LogP contribution in [0.4, 0.5) is 11.4 Å². The van der Waals surface area contributed by atoms with E-state index in [0.29, 0.717) is 12.3 Å². The van der Waals surface area contributed by atoms with Crippen LogP contribution in [-0.4, -0.2) is 53.3 Å². The lowest BCUT2D eigenvalue weighted by Crippen LogP contribution is -2.70. The number of para-hydroxylation sites is 2. The van der Waals surface area contributed by atoms with E-state index in [2.05, 4.69) is 131 Å². The Morgan fingerprint density at radius 1 is 0.862 bits per heavy atom. The summed E-state index contributed by atoms with van der Waals surface area (Å²) in [6.45, 7) is 19.9. The Bertz CT molecular complexity index is 2290. The van der Waals surface area contributed by atoms with Crippen molar-refractivity contribution in [2.45, 2.75) is 180 Å². The van der Waals surface area contributed by atoms with Crippen LogP contribution in [0.1, 0.15) is 156 Å². The van der Waals surface area contributed by atoms with Crippen LogP contribution in [0.15, 0.2) is 94.7 Å². The zero-order chi connectivity index (χ0) is 45.7. The van der Waals surface area contributed by atoms with Gasteiger partial charge in [-0.2, -0.15) is 4.58 Å². The molecule has 2 aromatic carbocycles. The Kier molecular flexibility index (Phi) is 13.3. The summed E-state index contributed by atoms with van der Waals surface area (Å²) in [5.74, 6) is -0.232. The minimum atomic E-state index is -0.860.